The van der Waals surface area contributed by atoms with Gasteiger partial charge >= 0.3 is 0 Å². The van der Waals surface area contributed by atoms with Gasteiger partial charge in [-0.15, -0.1) is 12.4 Å². The summed E-state index contributed by atoms with van der Waals surface area (Å²) in [5.74, 6) is 0.291. The second kappa shape index (κ2) is 6.38. The minimum Gasteiger partial charge on any atom is -0.344 e. The maximum absolute atomic E-state index is 11.8. The summed E-state index contributed by atoms with van der Waals surface area (Å²) in [4.78, 5) is 25.1. The van der Waals surface area contributed by atoms with E-state index in [2.05, 4.69) is 5.32 Å². The van der Waals surface area contributed by atoms with E-state index in [1.54, 1.807) is 11.9 Å². The Balaban J connectivity index is 0.00000162. The summed E-state index contributed by atoms with van der Waals surface area (Å²) < 4.78 is 0. The molecule has 1 unspecified atom stereocenters. The molecule has 3 N–H and O–H groups in total. The number of nitrogens with zero attached hydrogens (tertiary/aromatic N) is 1. The largest absolute Gasteiger partial charge is 0.344 e. The van der Waals surface area contributed by atoms with Crippen LogP contribution in [0.2, 0.25) is 0 Å². The van der Waals surface area contributed by atoms with Crippen molar-refractivity contribution in [3.63, 3.8) is 0 Å². The number of hydrogen-bond donors (Lipinski definition) is 2. The van der Waals surface area contributed by atoms with Gasteiger partial charge in [-0.05, 0) is 25.2 Å². The summed E-state index contributed by atoms with van der Waals surface area (Å²) in [6.45, 7) is 0.729. The molecule has 1 aliphatic carbocycles. The number of likely N-dealkylation sites (tertiary alicyclic amines) is 1. The highest BCUT2D eigenvalue weighted by atomic mass is 35.5. The fourth-order valence-corrected chi connectivity index (χ4v) is 2.77. The molecule has 2 fully saturated rings. The van der Waals surface area contributed by atoms with Crippen LogP contribution in [0, 0.1) is 5.92 Å². The summed E-state index contributed by atoms with van der Waals surface area (Å²) in [5.41, 5.74) is 5.93. The highest BCUT2D eigenvalue weighted by Gasteiger charge is 2.32. The first-order chi connectivity index (χ1) is 8.08. The van der Waals surface area contributed by atoms with E-state index >= 15 is 0 Å². The molecule has 2 amide bonds. The normalized spacial score (nSPS) is 31.3. The molecule has 1 saturated carbocycles. The summed E-state index contributed by atoms with van der Waals surface area (Å²) >= 11 is 0. The van der Waals surface area contributed by atoms with Crippen molar-refractivity contribution in [2.24, 2.45) is 11.7 Å². The average molecular weight is 276 g/mol. The maximum Gasteiger partial charge on any atom is 0.244 e. The molecule has 0 radical (unpaired) electrons. The van der Waals surface area contributed by atoms with Gasteiger partial charge < -0.3 is 16.0 Å². The Kier molecular flexibility index (Phi) is 5.41. The third-order valence-corrected chi connectivity index (χ3v) is 3.93. The van der Waals surface area contributed by atoms with Crippen LogP contribution in [0.1, 0.15) is 32.1 Å². The lowest BCUT2D eigenvalue weighted by Crippen LogP contribution is -2.42. The molecule has 0 aromatic heterocycles. The number of nitrogens with one attached hydrogen (secondary N) is 1. The molecule has 0 bridgehead atoms. The maximum atomic E-state index is 11.8. The van der Waals surface area contributed by atoms with E-state index < -0.39 is 0 Å². The predicted octanol–water partition coefficient (Wildman–Crippen LogP) is 0.273. The minimum absolute atomic E-state index is 0. The molecule has 104 valence electrons. The number of rotatable bonds is 3. The van der Waals surface area contributed by atoms with E-state index in [4.69, 9.17) is 5.73 Å². The van der Waals surface area contributed by atoms with E-state index in [0.29, 0.717) is 12.3 Å². The standard InChI is InChI=1S/C12H21N3O2.ClH/c1-15-6-5-10(12(15)17)14-11(16)7-8-3-2-4-9(8)13;/h8-10H,2-7,13H2,1H3,(H,14,16);1H/t8-,9+,10?;/m0./s1. The molecule has 0 spiro atoms. The molecule has 2 rings (SSSR count). The molecule has 18 heavy (non-hydrogen) atoms. The van der Waals surface area contributed by atoms with Crippen LogP contribution in [0.4, 0.5) is 0 Å². The molecule has 0 aromatic rings. The van der Waals surface area contributed by atoms with Gasteiger partial charge in [0.15, 0.2) is 0 Å². The first-order valence-electron chi connectivity index (χ1n) is 6.38. The summed E-state index contributed by atoms with van der Waals surface area (Å²) in [7, 11) is 1.77. The Morgan fingerprint density at radius 2 is 2.17 bits per heavy atom. The van der Waals surface area contributed by atoms with Crippen molar-refractivity contribution in [1.29, 1.82) is 0 Å². The minimum atomic E-state index is -0.315. The lowest BCUT2D eigenvalue weighted by Gasteiger charge is -2.17. The molecular weight excluding hydrogens is 254 g/mol. The molecule has 1 heterocycles. The Morgan fingerprint density at radius 3 is 2.67 bits per heavy atom. The lowest BCUT2D eigenvalue weighted by atomic mass is 9.99. The van der Waals surface area contributed by atoms with Gasteiger partial charge in [0.1, 0.15) is 6.04 Å². The van der Waals surface area contributed by atoms with Gasteiger partial charge in [-0.1, -0.05) is 6.42 Å². The zero-order valence-corrected chi connectivity index (χ0v) is 11.5. The number of hydrogen-bond acceptors (Lipinski definition) is 3. The van der Waals surface area contributed by atoms with Crippen molar-refractivity contribution >= 4 is 24.2 Å². The summed E-state index contributed by atoms with van der Waals surface area (Å²) in [5, 5.41) is 2.82. The Labute approximate surface area is 114 Å². The van der Waals surface area contributed by atoms with Gasteiger partial charge in [0.05, 0.1) is 0 Å². The van der Waals surface area contributed by atoms with Crippen LogP contribution in [0.3, 0.4) is 0 Å². The Hall–Kier alpha value is -0.810. The van der Waals surface area contributed by atoms with Crippen LogP contribution in [0.25, 0.3) is 0 Å². The van der Waals surface area contributed by atoms with Gasteiger partial charge in [-0.3, -0.25) is 9.59 Å². The number of halogens is 1. The van der Waals surface area contributed by atoms with Crippen molar-refractivity contribution in [1.82, 2.24) is 10.2 Å². The first-order valence-corrected chi connectivity index (χ1v) is 6.38. The van der Waals surface area contributed by atoms with Crippen LogP contribution in [0.5, 0.6) is 0 Å². The number of amides is 2. The van der Waals surface area contributed by atoms with E-state index in [9.17, 15) is 9.59 Å². The third kappa shape index (κ3) is 3.36. The monoisotopic (exact) mass is 275 g/mol. The van der Waals surface area contributed by atoms with Crippen molar-refractivity contribution in [3.05, 3.63) is 0 Å². The fraction of sp³-hybridized carbons (Fsp3) is 0.833. The SMILES string of the molecule is CN1CCC(NC(=O)C[C@@H]2CCC[C@H]2N)C1=O.Cl. The lowest BCUT2D eigenvalue weighted by molar-refractivity contribution is -0.132. The van der Waals surface area contributed by atoms with E-state index in [1.165, 1.54) is 0 Å². The van der Waals surface area contributed by atoms with E-state index in [-0.39, 0.29) is 36.3 Å². The zero-order valence-electron chi connectivity index (χ0n) is 10.7. The molecule has 6 heteroatoms. The van der Waals surface area contributed by atoms with Gasteiger partial charge in [-0.25, -0.2) is 0 Å². The molecule has 3 atom stereocenters. The van der Waals surface area contributed by atoms with Crippen LogP contribution in [-0.4, -0.2) is 42.4 Å². The van der Waals surface area contributed by atoms with Crippen LogP contribution in [-0.2, 0) is 9.59 Å². The fourth-order valence-electron chi connectivity index (χ4n) is 2.77. The summed E-state index contributed by atoms with van der Waals surface area (Å²) in [6.07, 6.45) is 4.35. The second-order valence-electron chi connectivity index (χ2n) is 5.23. The van der Waals surface area contributed by atoms with Crippen LogP contribution < -0.4 is 11.1 Å². The number of carbonyl (C=O) groups is 2. The van der Waals surface area contributed by atoms with Crippen molar-refractivity contribution in [2.45, 2.75) is 44.2 Å². The van der Waals surface area contributed by atoms with Crippen molar-refractivity contribution < 1.29 is 9.59 Å². The first kappa shape index (κ1) is 15.2. The molecule has 0 aromatic carbocycles. The molecule has 2 aliphatic rings. The third-order valence-electron chi connectivity index (χ3n) is 3.93. The molecule has 1 saturated heterocycles. The highest BCUT2D eigenvalue weighted by molar-refractivity contribution is 5.89. The number of carbonyl (C=O) groups excluding carboxylic acids is 2. The van der Waals surface area contributed by atoms with Gasteiger partial charge in [0.25, 0.3) is 0 Å². The van der Waals surface area contributed by atoms with E-state index in [0.717, 1.165) is 32.2 Å². The number of likely N-dealkylation sites (N-methyl/N-ethyl adjacent to an activating group) is 1. The zero-order chi connectivity index (χ0) is 12.4. The highest BCUT2D eigenvalue weighted by Crippen LogP contribution is 2.26. The van der Waals surface area contributed by atoms with Crippen LogP contribution >= 0.6 is 12.4 Å². The molecular formula is C12H22ClN3O2. The van der Waals surface area contributed by atoms with Crippen LogP contribution in [0.15, 0.2) is 0 Å². The molecule has 1 aliphatic heterocycles. The van der Waals surface area contributed by atoms with Crippen molar-refractivity contribution in [2.75, 3.05) is 13.6 Å². The molecule has 5 nitrogen and oxygen atoms in total. The smallest absolute Gasteiger partial charge is 0.244 e. The van der Waals surface area contributed by atoms with Gasteiger partial charge in [0.2, 0.25) is 11.8 Å². The predicted molar refractivity (Wildman–Crippen MR) is 71.4 cm³/mol. The second-order valence-corrected chi connectivity index (χ2v) is 5.23. The average Bonchev–Trinajstić information content (AvgIpc) is 2.80. The van der Waals surface area contributed by atoms with Gasteiger partial charge in [-0.2, -0.15) is 0 Å². The van der Waals surface area contributed by atoms with Crippen molar-refractivity contribution in [3.8, 4) is 0 Å². The Morgan fingerprint density at radius 1 is 1.44 bits per heavy atom. The topological polar surface area (TPSA) is 75.4 Å². The Bertz CT molecular complexity index is 324. The van der Waals surface area contributed by atoms with Gasteiger partial charge in [0, 0.05) is 26.1 Å². The summed E-state index contributed by atoms with van der Waals surface area (Å²) in [6, 6.07) is -0.159. The van der Waals surface area contributed by atoms with E-state index in [1.807, 2.05) is 0 Å². The number of nitrogens with two attached hydrogens (primary N) is 1. The quantitative estimate of drug-likeness (QED) is 0.776.